The molecule has 0 aromatic heterocycles. The number of aliphatic carboxylic acids is 1. The molecule has 126 valence electrons. The van der Waals surface area contributed by atoms with E-state index in [1.807, 2.05) is 0 Å². The molecule has 21 heavy (non-hydrogen) atoms. The van der Waals surface area contributed by atoms with E-state index in [-0.39, 0.29) is 6.42 Å². The molecule has 0 fully saturated rings. The summed E-state index contributed by atoms with van der Waals surface area (Å²) in [6.07, 6.45) is 6.58. The average molecular weight is 302 g/mol. The van der Waals surface area contributed by atoms with Crippen LogP contribution in [-0.2, 0) is 4.79 Å². The van der Waals surface area contributed by atoms with Gasteiger partial charge in [0.2, 0.25) is 0 Å². The summed E-state index contributed by atoms with van der Waals surface area (Å²) in [6.45, 7) is 6.92. The molecule has 0 aromatic carbocycles. The van der Waals surface area contributed by atoms with Gasteiger partial charge in [-0.1, -0.05) is 0 Å². The topological polar surface area (TPSA) is 99.4 Å². The first-order valence-corrected chi connectivity index (χ1v) is 8.31. The number of carbonyl (C=O) groups is 1. The summed E-state index contributed by atoms with van der Waals surface area (Å²) in [5.74, 6) is -0.700. The van der Waals surface area contributed by atoms with Gasteiger partial charge >= 0.3 is 5.97 Å². The minimum absolute atomic E-state index is 0.282. The van der Waals surface area contributed by atoms with E-state index in [2.05, 4.69) is 16.0 Å². The Labute approximate surface area is 129 Å². The first-order valence-electron chi connectivity index (χ1n) is 8.31. The van der Waals surface area contributed by atoms with E-state index < -0.39 is 5.97 Å². The largest absolute Gasteiger partial charge is 0.481 e. The van der Waals surface area contributed by atoms with Gasteiger partial charge in [0.25, 0.3) is 0 Å². The van der Waals surface area contributed by atoms with E-state index in [1.54, 1.807) is 0 Å². The van der Waals surface area contributed by atoms with Crippen molar-refractivity contribution in [2.24, 2.45) is 5.73 Å². The van der Waals surface area contributed by atoms with Crippen LogP contribution in [0.2, 0.25) is 0 Å². The van der Waals surface area contributed by atoms with Crippen LogP contribution in [0.3, 0.4) is 0 Å². The number of unbranched alkanes of at least 4 members (excludes halogenated alkanes) is 2. The minimum Gasteiger partial charge on any atom is -0.481 e. The van der Waals surface area contributed by atoms with Crippen LogP contribution in [0.25, 0.3) is 0 Å². The molecule has 0 aliphatic carbocycles. The van der Waals surface area contributed by atoms with Gasteiger partial charge in [0.05, 0.1) is 0 Å². The quantitative estimate of drug-likeness (QED) is 0.251. The number of nitrogens with two attached hydrogens (primary N) is 1. The summed E-state index contributed by atoms with van der Waals surface area (Å²) in [5, 5.41) is 18.6. The van der Waals surface area contributed by atoms with Crippen LogP contribution in [-0.4, -0.2) is 56.9 Å². The summed E-state index contributed by atoms with van der Waals surface area (Å²) in [5.41, 5.74) is 5.42. The van der Waals surface area contributed by atoms with Gasteiger partial charge in [-0.15, -0.1) is 0 Å². The number of hydrogen-bond donors (Lipinski definition) is 5. The zero-order chi connectivity index (χ0) is 15.6. The zero-order valence-corrected chi connectivity index (χ0v) is 13.3. The predicted octanol–water partition coefficient (Wildman–Crippen LogP) is 0.529. The van der Waals surface area contributed by atoms with E-state index in [4.69, 9.17) is 10.8 Å². The lowest BCUT2D eigenvalue weighted by Gasteiger charge is -2.07. The smallest absolute Gasteiger partial charge is 0.303 e. The third-order valence-electron chi connectivity index (χ3n) is 3.22. The lowest BCUT2D eigenvalue weighted by atomic mass is 10.2. The molecule has 0 heterocycles. The van der Waals surface area contributed by atoms with E-state index in [0.717, 1.165) is 71.5 Å². The molecule has 0 radical (unpaired) electrons. The number of carboxylic acids is 1. The Kier molecular flexibility index (Phi) is 16.8. The highest BCUT2D eigenvalue weighted by atomic mass is 16.4. The second-order valence-electron chi connectivity index (χ2n) is 5.30. The van der Waals surface area contributed by atoms with E-state index in [0.29, 0.717) is 0 Å². The van der Waals surface area contributed by atoms with Crippen molar-refractivity contribution in [1.29, 1.82) is 0 Å². The number of carboxylic acid groups (broad SMARTS) is 1. The highest BCUT2D eigenvalue weighted by molar-refractivity contribution is 5.66. The summed E-state index contributed by atoms with van der Waals surface area (Å²) in [4.78, 5) is 10.3. The molecule has 0 aliphatic rings. The number of hydrogen-bond acceptors (Lipinski definition) is 5. The monoisotopic (exact) mass is 302 g/mol. The Morgan fingerprint density at radius 2 is 1.14 bits per heavy atom. The molecule has 0 aromatic rings. The molecule has 6 nitrogen and oxygen atoms in total. The van der Waals surface area contributed by atoms with Gasteiger partial charge in [-0.3, -0.25) is 4.79 Å². The third kappa shape index (κ3) is 19.3. The molecule has 0 saturated carbocycles. The Morgan fingerprint density at radius 3 is 1.62 bits per heavy atom. The summed E-state index contributed by atoms with van der Waals surface area (Å²) >= 11 is 0. The van der Waals surface area contributed by atoms with Gasteiger partial charge in [0.15, 0.2) is 0 Å². The summed E-state index contributed by atoms with van der Waals surface area (Å²) < 4.78 is 0. The van der Waals surface area contributed by atoms with Crippen molar-refractivity contribution >= 4 is 5.97 Å². The summed E-state index contributed by atoms with van der Waals surface area (Å²) in [6, 6.07) is 0. The van der Waals surface area contributed by atoms with Crippen LogP contribution in [0.4, 0.5) is 0 Å². The van der Waals surface area contributed by atoms with Crippen molar-refractivity contribution in [3.05, 3.63) is 0 Å². The normalized spacial score (nSPS) is 10.9. The molecule has 0 spiro atoms. The van der Waals surface area contributed by atoms with Gasteiger partial charge in [0.1, 0.15) is 0 Å². The van der Waals surface area contributed by atoms with E-state index in [9.17, 15) is 4.79 Å². The lowest BCUT2D eigenvalue weighted by Crippen LogP contribution is -2.24. The van der Waals surface area contributed by atoms with Gasteiger partial charge in [-0.05, 0) is 84.3 Å². The summed E-state index contributed by atoms with van der Waals surface area (Å²) in [7, 11) is 0. The highest BCUT2D eigenvalue weighted by Crippen LogP contribution is 1.93. The van der Waals surface area contributed by atoms with Crippen LogP contribution in [0.1, 0.15) is 44.9 Å². The molecular formula is C15H34N4O2. The van der Waals surface area contributed by atoms with Crippen molar-refractivity contribution < 1.29 is 9.90 Å². The first kappa shape index (κ1) is 20.3. The van der Waals surface area contributed by atoms with Gasteiger partial charge in [-0.25, -0.2) is 0 Å². The molecule has 0 aliphatic heterocycles. The fourth-order valence-corrected chi connectivity index (χ4v) is 1.97. The number of nitrogens with one attached hydrogen (secondary N) is 3. The second kappa shape index (κ2) is 17.4. The minimum atomic E-state index is -0.700. The SMILES string of the molecule is NCCCNCCCCNCCCNCCCCC(=O)O. The van der Waals surface area contributed by atoms with Crippen LogP contribution in [0, 0.1) is 0 Å². The molecule has 0 atom stereocenters. The first-order chi connectivity index (χ1) is 10.3. The standard InChI is InChI=1S/C15H34N4O2/c16-8-5-12-17-10-3-4-11-19-14-6-13-18-9-2-1-7-15(20)21/h17-19H,1-14,16H2,(H,20,21). The maximum atomic E-state index is 10.3. The lowest BCUT2D eigenvalue weighted by molar-refractivity contribution is -0.137. The van der Waals surface area contributed by atoms with Crippen molar-refractivity contribution in [2.45, 2.75) is 44.9 Å². The second-order valence-corrected chi connectivity index (χ2v) is 5.30. The fourth-order valence-electron chi connectivity index (χ4n) is 1.97. The molecule has 0 rings (SSSR count). The van der Waals surface area contributed by atoms with Crippen molar-refractivity contribution in [3.8, 4) is 0 Å². The van der Waals surface area contributed by atoms with Crippen LogP contribution < -0.4 is 21.7 Å². The fraction of sp³-hybridized carbons (Fsp3) is 0.933. The van der Waals surface area contributed by atoms with E-state index in [1.165, 1.54) is 12.8 Å². The molecule has 0 amide bonds. The Balaban J connectivity index is 2.95. The maximum Gasteiger partial charge on any atom is 0.303 e. The molecule has 6 N–H and O–H groups in total. The maximum absolute atomic E-state index is 10.3. The highest BCUT2D eigenvalue weighted by Gasteiger charge is 1.95. The van der Waals surface area contributed by atoms with Crippen LogP contribution in [0.15, 0.2) is 0 Å². The van der Waals surface area contributed by atoms with E-state index >= 15 is 0 Å². The Hall–Kier alpha value is -0.690. The number of rotatable bonds is 17. The third-order valence-corrected chi connectivity index (χ3v) is 3.22. The van der Waals surface area contributed by atoms with Crippen molar-refractivity contribution in [3.63, 3.8) is 0 Å². The Bertz CT molecular complexity index is 228. The molecule has 0 bridgehead atoms. The van der Waals surface area contributed by atoms with Gasteiger partial charge in [0, 0.05) is 6.42 Å². The zero-order valence-electron chi connectivity index (χ0n) is 13.3. The van der Waals surface area contributed by atoms with Crippen LogP contribution in [0.5, 0.6) is 0 Å². The molecule has 0 unspecified atom stereocenters. The van der Waals surface area contributed by atoms with Gasteiger partial charge in [-0.2, -0.15) is 0 Å². The molecular weight excluding hydrogens is 268 g/mol. The molecule has 6 heteroatoms. The Morgan fingerprint density at radius 1 is 0.714 bits per heavy atom. The van der Waals surface area contributed by atoms with Gasteiger partial charge < -0.3 is 26.8 Å². The van der Waals surface area contributed by atoms with Crippen molar-refractivity contribution in [2.75, 3.05) is 45.8 Å². The average Bonchev–Trinajstić information content (AvgIpc) is 2.46. The molecule has 0 saturated heterocycles. The predicted molar refractivity (Wildman–Crippen MR) is 87.6 cm³/mol. The van der Waals surface area contributed by atoms with Crippen molar-refractivity contribution in [1.82, 2.24) is 16.0 Å². The van der Waals surface area contributed by atoms with Crippen LogP contribution >= 0.6 is 0 Å².